The van der Waals surface area contributed by atoms with Crippen molar-refractivity contribution >= 4 is 23.0 Å². The van der Waals surface area contributed by atoms with E-state index in [1.807, 2.05) is 12.1 Å². The molecule has 0 atom stereocenters. The molecule has 0 amide bonds. The predicted molar refractivity (Wildman–Crippen MR) is 94.7 cm³/mol. The van der Waals surface area contributed by atoms with Crippen LogP contribution in [0, 0.1) is 5.82 Å². The summed E-state index contributed by atoms with van der Waals surface area (Å²) in [6.07, 6.45) is 0.938. The highest BCUT2D eigenvalue weighted by Gasteiger charge is 2.18. The normalized spacial score (nSPS) is 16.0. The molecule has 1 aliphatic heterocycles. The molecule has 4 nitrogen and oxygen atoms in total. The Kier molecular flexibility index (Phi) is 5.12. The number of hydrogen-bond acceptors (Lipinski definition) is 3. The van der Waals surface area contributed by atoms with Gasteiger partial charge in [-0.1, -0.05) is 6.07 Å². The number of anilines is 1. The molecule has 1 aromatic carbocycles. The SMILES string of the molecule is NC(=NCCc1cccs1)N1CCN(c2ccc(F)cc2)CC1. The highest BCUT2D eigenvalue weighted by atomic mass is 32.1. The zero-order chi connectivity index (χ0) is 16.1. The summed E-state index contributed by atoms with van der Waals surface area (Å²) in [7, 11) is 0. The standard InChI is InChI=1S/C17H21FN4S/c18-14-3-5-15(6-4-14)21-9-11-22(12-10-21)17(19)20-8-7-16-2-1-13-23-16/h1-6,13H,7-12H2,(H2,19,20). The van der Waals surface area contributed by atoms with Crippen LogP contribution in [0.1, 0.15) is 4.88 Å². The molecule has 6 heteroatoms. The highest BCUT2D eigenvalue weighted by Crippen LogP contribution is 2.16. The van der Waals surface area contributed by atoms with Gasteiger partial charge in [-0.25, -0.2) is 4.39 Å². The molecule has 122 valence electrons. The molecule has 1 saturated heterocycles. The Labute approximate surface area is 140 Å². The van der Waals surface area contributed by atoms with Crippen molar-refractivity contribution in [2.24, 2.45) is 10.7 Å². The Hall–Kier alpha value is -2.08. The van der Waals surface area contributed by atoms with Gasteiger partial charge >= 0.3 is 0 Å². The van der Waals surface area contributed by atoms with E-state index >= 15 is 0 Å². The van der Waals surface area contributed by atoms with Crippen LogP contribution in [0.25, 0.3) is 0 Å². The minimum absolute atomic E-state index is 0.200. The summed E-state index contributed by atoms with van der Waals surface area (Å²) < 4.78 is 13.0. The van der Waals surface area contributed by atoms with E-state index in [0.717, 1.165) is 44.8 Å². The zero-order valence-electron chi connectivity index (χ0n) is 13.0. The maximum atomic E-state index is 13.0. The van der Waals surface area contributed by atoms with E-state index in [4.69, 9.17) is 5.73 Å². The van der Waals surface area contributed by atoms with Gasteiger partial charge in [0.2, 0.25) is 0 Å². The van der Waals surface area contributed by atoms with E-state index in [9.17, 15) is 4.39 Å². The van der Waals surface area contributed by atoms with Crippen LogP contribution >= 0.6 is 11.3 Å². The van der Waals surface area contributed by atoms with Gasteiger partial charge in [-0.2, -0.15) is 0 Å². The van der Waals surface area contributed by atoms with Gasteiger partial charge in [-0.15, -0.1) is 11.3 Å². The molecule has 3 rings (SSSR count). The molecular weight excluding hydrogens is 311 g/mol. The first kappa shape index (κ1) is 15.8. The molecular formula is C17H21FN4S. The monoisotopic (exact) mass is 332 g/mol. The average Bonchev–Trinajstić information content (AvgIpc) is 3.09. The molecule has 0 aliphatic carbocycles. The summed E-state index contributed by atoms with van der Waals surface area (Å²) in [4.78, 5) is 10.2. The van der Waals surface area contributed by atoms with Gasteiger partial charge in [0.25, 0.3) is 0 Å². The van der Waals surface area contributed by atoms with Gasteiger partial charge in [-0.05, 0) is 35.7 Å². The van der Waals surface area contributed by atoms with Crippen LogP contribution in [0.4, 0.5) is 10.1 Å². The molecule has 0 bridgehead atoms. The van der Waals surface area contributed by atoms with Crippen LogP contribution in [-0.2, 0) is 6.42 Å². The first-order valence-electron chi connectivity index (χ1n) is 7.80. The fourth-order valence-corrected chi connectivity index (χ4v) is 3.38. The first-order chi connectivity index (χ1) is 11.2. The number of nitrogens with zero attached hydrogens (tertiary/aromatic N) is 3. The zero-order valence-corrected chi connectivity index (χ0v) is 13.8. The lowest BCUT2D eigenvalue weighted by Gasteiger charge is -2.36. The summed E-state index contributed by atoms with van der Waals surface area (Å²) in [6.45, 7) is 4.14. The lowest BCUT2D eigenvalue weighted by Crippen LogP contribution is -2.51. The lowest BCUT2D eigenvalue weighted by atomic mass is 10.2. The molecule has 23 heavy (non-hydrogen) atoms. The first-order valence-corrected chi connectivity index (χ1v) is 8.68. The van der Waals surface area contributed by atoms with Crippen LogP contribution in [-0.4, -0.2) is 43.6 Å². The molecule has 2 N–H and O–H groups in total. The van der Waals surface area contributed by atoms with Crippen molar-refractivity contribution in [3.63, 3.8) is 0 Å². The minimum Gasteiger partial charge on any atom is -0.370 e. The largest absolute Gasteiger partial charge is 0.370 e. The van der Waals surface area contributed by atoms with Crippen molar-refractivity contribution in [3.8, 4) is 0 Å². The van der Waals surface area contributed by atoms with Crippen LogP contribution < -0.4 is 10.6 Å². The highest BCUT2D eigenvalue weighted by molar-refractivity contribution is 7.09. The molecule has 2 aromatic rings. The smallest absolute Gasteiger partial charge is 0.191 e. The van der Waals surface area contributed by atoms with Gasteiger partial charge in [-0.3, -0.25) is 4.99 Å². The molecule has 0 spiro atoms. The van der Waals surface area contributed by atoms with E-state index in [2.05, 4.69) is 32.3 Å². The Morgan fingerprint density at radius 2 is 1.87 bits per heavy atom. The second kappa shape index (κ2) is 7.46. The molecule has 1 aromatic heterocycles. The number of rotatable bonds is 4. The van der Waals surface area contributed by atoms with Gasteiger partial charge in [0.1, 0.15) is 5.82 Å². The summed E-state index contributed by atoms with van der Waals surface area (Å²) >= 11 is 1.75. The Bertz CT molecular complexity index is 631. The number of hydrogen-bond donors (Lipinski definition) is 1. The number of guanidine groups is 1. The third-order valence-electron chi connectivity index (χ3n) is 4.01. The maximum absolute atomic E-state index is 13.0. The molecule has 1 aliphatic rings. The van der Waals surface area contributed by atoms with Crippen LogP contribution in [0.3, 0.4) is 0 Å². The van der Waals surface area contributed by atoms with Crippen molar-refractivity contribution in [2.75, 3.05) is 37.6 Å². The third kappa shape index (κ3) is 4.22. The number of aliphatic imine (C=N–C) groups is 1. The summed E-state index contributed by atoms with van der Waals surface area (Å²) in [5.41, 5.74) is 7.16. The summed E-state index contributed by atoms with van der Waals surface area (Å²) in [5.74, 6) is 0.426. The van der Waals surface area contributed by atoms with Crippen molar-refractivity contribution in [2.45, 2.75) is 6.42 Å². The van der Waals surface area contributed by atoms with Gasteiger partial charge in [0.05, 0.1) is 0 Å². The van der Waals surface area contributed by atoms with E-state index in [1.165, 1.54) is 17.0 Å². The lowest BCUT2D eigenvalue weighted by molar-refractivity contribution is 0.381. The van der Waals surface area contributed by atoms with Crippen molar-refractivity contribution < 1.29 is 4.39 Å². The molecule has 0 unspecified atom stereocenters. The van der Waals surface area contributed by atoms with E-state index < -0.39 is 0 Å². The number of halogens is 1. The van der Waals surface area contributed by atoms with Crippen LogP contribution in [0.15, 0.2) is 46.8 Å². The summed E-state index contributed by atoms with van der Waals surface area (Å²) in [5, 5.41) is 2.08. The van der Waals surface area contributed by atoms with Crippen molar-refractivity contribution in [3.05, 3.63) is 52.5 Å². The summed E-state index contributed by atoms with van der Waals surface area (Å²) in [6, 6.07) is 10.8. The Morgan fingerprint density at radius 1 is 1.13 bits per heavy atom. The number of piperazine rings is 1. The minimum atomic E-state index is -0.200. The molecule has 0 radical (unpaired) electrons. The van der Waals surface area contributed by atoms with E-state index in [0.29, 0.717) is 5.96 Å². The maximum Gasteiger partial charge on any atom is 0.191 e. The Morgan fingerprint density at radius 3 is 2.52 bits per heavy atom. The van der Waals surface area contributed by atoms with E-state index in [-0.39, 0.29) is 5.82 Å². The number of benzene rings is 1. The van der Waals surface area contributed by atoms with Gasteiger partial charge in [0.15, 0.2) is 5.96 Å². The second-order valence-corrected chi connectivity index (χ2v) is 6.55. The molecule has 1 fully saturated rings. The Balaban J connectivity index is 1.48. The van der Waals surface area contributed by atoms with Crippen LogP contribution in [0.2, 0.25) is 0 Å². The molecule has 2 heterocycles. The van der Waals surface area contributed by atoms with Gasteiger partial charge < -0.3 is 15.5 Å². The average molecular weight is 332 g/mol. The third-order valence-corrected chi connectivity index (χ3v) is 4.94. The topological polar surface area (TPSA) is 44.9 Å². The fourth-order valence-electron chi connectivity index (χ4n) is 2.68. The van der Waals surface area contributed by atoms with Gasteiger partial charge in [0, 0.05) is 49.7 Å². The van der Waals surface area contributed by atoms with Crippen LogP contribution in [0.5, 0.6) is 0 Å². The molecule has 0 saturated carbocycles. The number of thiophene rings is 1. The predicted octanol–water partition coefficient (Wildman–Crippen LogP) is 2.57. The number of nitrogens with two attached hydrogens (primary N) is 1. The quantitative estimate of drug-likeness (QED) is 0.691. The fraction of sp³-hybridized carbons (Fsp3) is 0.353. The van der Waals surface area contributed by atoms with Crippen molar-refractivity contribution in [1.82, 2.24) is 4.90 Å². The second-order valence-electron chi connectivity index (χ2n) is 5.52. The van der Waals surface area contributed by atoms with Crippen molar-refractivity contribution in [1.29, 1.82) is 0 Å². The van der Waals surface area contributed by atoms with E-state index in [1.54, 1.807) is 11.3 Å².